The molecule has 0 fully saturated rings. The maximum Gasteiger partial charge on any atom is 0.193 e. The van der Waals surface area contributed by atoms with Gasteiger partial charge < -0.3 is 4.42 Å². The molecule has 0 bridgehead atoms. The van der Waals surface area contributed by atoms with Crippen molar-refractivity contribution in [2.75, 3.05) is 0 Å². The molecule has 3 aromatic carbocycles. The molecular weight excluding hydrogens is 308 g/mol. The van der Waals surface area contributed by atoms with E-state index in [-0.39, 0.29) is 5.43 Å². The summed E-state index contributed by atoms with van der Waals surface area (Å²) >= 11 is 6.27. The zero-order chi connectivity index (χ0) is 16.0. The Morgan fingerprint density at radius 1 is 0.870 bits per heavy atom. The fourth-order valence-electron chi connectivity index (χ4n) is 2.88. The standard InChI is InChI=1S/C20H13ClO2/c1-12-6-9-19-16(10-12)18(22)11-20(23-19)15-7-8-17(21)14-5-3-2-4-13(14)15/h2-11H,1H3. The molecule has 0 radical (unpaired) electrons. The van der Waals surface area contributed by atoms with Crippen molar-refractivity contribution < 1.29 is 4.42 Å². The molecule has 0 aliphatic rings. The molecule has 2 nitrogen and oxygen atoms in total. The van der Waals surface area contributed by atoms with E-state index in [4.69, 9.17) is 16.0 Å². The van der Waals surface area contributed by atoms with E-state index in [9.17, 15) is 4.79 Å². The average molecular weight is 321 g/mol. The number of rotatable bonds is 1. The van der Waals surface area contributed by atoms with Crippen molar-refractivity contribution in [3.05, 3.63) is 81.5 Å². The quantitative estimate of drug-likeness (QED) is 0.458. The van der Waals surface area contributed by atoms with Gasteiger partial charge in [0.05, 0.1) is 5.39 Å². The van der Waals surface area contributed by atoms with Crippen molar-refractivity contribution in [1.82, 2.24) is 0 Å². The summed E-state index contributed by atoms with van der Waals surface area (Å²) in [7, 11) is 0. The van der Waals surface area contributed by atoms with Crippen LogP contribution in [0.15, 0.2) is 69.9 Å². The normalized spacial score (nSPS) is 11.2. The highest BCUT2D eigenvalue weighted by molar-refractivity contribution is 6.36. The number of halogens is 1. The van der Waals surface area contributed by atoms with Crippen molar-refractivity contribution in [2.24, 2.45) is 0 Å². The van der Waals surface area contributed by atoms with E-state index in [0.717, 1.165) is 21.9 Å². The zero-order valence-electron chi connectivity index (χ0n) is 12.5. The lowest BCUT2D eigenvalue weighted by Crippen LogP contribution is -2.00. The molecule has 0 amide bonds. The van der Waals surface area contributed by atoms with Gasteiger partial charge in [0.1, 0.15) is 11.3 Å². The Morgan fingerprint density at radius 2 is 1.65 bits per heavy atom. The fraction of sp³-hybridized carbons (Fsp3) is 0.0500. The molecule has 1 heterocycles. The van der Waals surface area contributed by atoms with E-state index in [1.807, 2.05) is 61.5 Å². The molecular formula is C20H13ClO2. The van der Waals surface area contributed by atoms with Crippen molar-refractivity contribution in [3.8, 4) is 11.3 Å². The summed E-state index contributed by atoms with van der Waals surface area (Å²) in [6.45, 7) is 1.96. The van der Waals surface area contributed by atoms with Crippen molar-refractivity contribution in [2.45, 2.75) is 6.92 Å². The Labute approximate surface area is 137 Å². The summed E-state index contributed by atoms with van der Waals surface area (Å²) in [6.07, 6.45) is 0. The van der Waals surface area contributed by atoms with Crippen LogP contribution in [-0.4, -0.2) is 0 Å². The molecule has 4 aromatic rings. The van der Waals surface area contributed by atoms with E-state index in [0.29, 0.717) is 21.8 Å². The molecule has 0 saturated heterocycles. The predicted octanol–water partition coefficient (Wildman–Crippen LogP) is 5.58. The summed E-state index contributed by atoms with van der Waals surface area (Å²) in [5, 5.41) is 3.20. The Morgan fingerprint density at radius 3 is 2.48 bits per heavy atom. The van der Waals surface area contributed by atoms with Crippen LogP contribution in [0.3, 0.4) is 0 Å². The number of aryl methyl sites for hydroxylation is 1. The van der Waals surface area contributed by atoms with Crippen LogP contribution in [0.2, 0.25) is 5.02 Å². The Kier molecular flexibility index (Phi) is 3.21. The van der Waals surface area contributed by atoms with Crippen LogP contribution < -0.4 is 5.43 Å². The highest BCUT2D eigenvalue weighted by Crippen LogP contribution is 2.33. The predicted molar refractivity (Wildman–Crippen MR) is 95.2 cm³/mol. The van der Waals surface area contributed by atoms with Crippen LogP contribution >= 0.6 is 11.6 Å². The number of fused-ring (bicyclic) bond motifs is 2. The second kappa shape index (κ2) is 5.25. The molecule has 23 heavy (non-hydrogen) atoms. The first-order valence-corrected chi connectivity index (χ1v) is 7.73. The molecule has 4 rings (SSSR count). The van der Waals surface area contributed by atoms with Gasteiger partial charge in [-0.25, -0.2) is 0 Å². The number of benzene rings is 3. The third kappa shape index (κ3) is 2.32. The SMILES string of the molecule is Cc1ccc2oc(-c3ccc(Cl)c4ccccc34)cc(=O)c2c1. The van der Waals surface area contributed by atoms with E-state index >= 15 is 0 Å². The van der Waals surface area contributed by atoms with Crippen molar-refractivity contribution in [1.29, 1.82) is 0 Å². The van der Waals surface area contributed by atoms with Gasteiger partial charge in [-0.3, -0.25) is 4.79 Å². The first-order chi connectivity index (χ1) is 11.1. The van der Waals surface area contributed by atoms with E-state index < -0.39 is 0 Å². The lowest BCUT2D eigenvalue weighted by molar-refractivity contribution is 0.619. The highest BCUT2D eigenvalue weighted by Gasteiger charge is 2.11. The van der Waals surface area contributed by atoms with E-state index in [1.54, 1.807) is 6.07 Å². The highest BCUT2D eigenvalue weighted by atomic mass is 35.5. The van der Waals surface area contributed by atoms with Crippen molar-refractivity contribution in [3.63, 3.8) is 0 Å². The van der Waals surface area contributed by atoms with Crippen LogP contribution in [-0.2, 0) is 0 Å². The van der Waals surface area contributed by atoms with Gasteiger partial charge in [0.2, 0.25) is 0 Å². The molecule has 1 aromatic heterocycles. The molecule has 0 unspecified atom stereocenters. The Balaban J connectivity index is 2.06. The Hall–Kier alpha value is -2.58. The summed E-state index contributed by atoms with van der Waals surface area (Å²) in [6, 6.07) is 18.7. The van der Waals surface area contributed by atoms with Crippen LogP contribution in [0, 0.1) is 6.92 Å². The second-order valence-corrected chi connectivity index (χ2v) is 6.02. The minimum absolute atomic E-state index is 0.0380. The summed E-state index contributed by atoms with van der Waals surface area (Å²) in [4.78, 5) is 12.4. The third-order valence-electron chi connectivity index (χ3n) is 4.02. The number of hydrogen-bond donors (Lipinski definition) is 0. The van der Waals surface area contributed by atoms with Gasteiger partial charge in [-0.15, -0.1) is 0 Å². The van der Waals surface area contributed by atoms with Crippen LogP contribution in [0.1, 0.15) is 5.56 Å². The Bertz CT molecular complexity index is 1110. The van der Waals surface area contributed by atoms with Gasteiger partial charge in [0.15, 0.2) is 5.43 Å². The second-order valence-electron chi connectivity index (χ2n) is 5.62. The molecule has 0 saturated carbocycles. The van der Waals surface area contributed by atoms with E-state index in [2.05, 4.69) is 0 Å². The fourth-order valence-corrected chi connectivity index (χ4v) is 3.11. The monoisotopic (exact) mass is 320 g/mol. The van der Waals surface area contributed by atoms with Crippen LogP contribution in [0.4, 0.5) is 0 Å². The zero-order valence-corrected chi connectivity index (χ0v) is 13.2. The van der Waals surface area contributed by atoms with Crippen LogP contribution in [0.5, 0.6) is 0 Å². The minimum Gasteiger partial charge on any atom is -0.456 e. The van der Waals surface area contributed by atoms with Gasteiger partial charge in [-0.2, -0.15) is 0 Å². The molecule has 0 N–H and O–H groups in total. The lowest BCUT2D eigenvalue weighted by atomic mass is 10.0. The van der Waals surface area contributed by atoms with Crippen molar-refractivity contribution >= 4 is 33.3 Å². The van der Waals surface area contributed by atoms with Gasteiger partial charge in [0, 0.05) is 22.0 Å². The maximum absolute atomic E-state index is 12.4. The topological polar surface area (TPSA) is 30.2 Å². The molecule has 0 spiro atoms. The molecule has 0 aliphatic carbocycles. The van der Waals surface area contributed by atoms with Gasteiger partial charge in [-0.1, -0.05) is 47.5 Å². The third-order valence-corrected chi connectivity index (χ3v) is 4.35. The van der Waals surface area contributed by atoms with E-state index in [1.165, 1.54) is 0 Å². The lowest BCUT2D eigenvalue weighted by Gasteiger charge is -2.08. The van der Waals surface area contributed by atoms with Gasteiger partial charge in [-0.05, 0) is 36.6 Å². The minimum atomic E-state index is -0.0380. The first-order valence-electron chi connectivity index (χ1n) is 7.35. The largest absolute Gasteiger partial charge is 0.456 e. The maximum atomic E-state index is 12.4. The first kappa shape index (κ1) is 14.0. The molecule has 112 valence electrons. The molecule has 3 heteroatoms. The summed E-state index contributed by atoms with van der Waals surface area (Å²) in [5.41, 5.74) is 2.46. The van der Waals surface area contributed by atoms with Crippen LogP contribution in [0.25, 0.3) is 33.1 Å². The summed E-state index contributed by atoms with van der Waals surface area (Å²) < 4.78 is 5.99. The average Bonchev–Trinajstić information content (AvgIpc) is 2.56. The number of hydrogen-bond acceptors (Lipinski definition) is 2. The van der Waals surface area contributed by atoms with Gasteiger partial charge >= 0.3 is 0 Å². The molecule has 0 atom stereocenters. The molecule has 0 aliphatic heterocycles. The van der Waals surface area contributed by atoms with Gasteiger partial charge in [0.25, 0.3) is 0 Å². The smallest absolute Gasteiger partial charge is 0.193 e. The summed E-state index contributed by atoms with van der Waals surface area (Å²) in [5.74, 6) is 0.555.